The second kappa shape index (κ2) is 11.7. The first-order valence-electron chi connectivity index (χ1n) is 11.3. The van der Waals surface area contributed by atoms with Gasteiger partial charge in [-0.2, -0.15) is 5.10 Å². The van der Waals surface area contributed by atoms with E-state index in [-0.39, 0.29) is 30.1 Å². The van der Waals surface area contributed by atoms with Gasteiger partial charge in [0.1, 0.15) is 0 Å². The molecule has 0 bridgehead atoms. The van der Waals surface area contributed by atoms with E-state index in [1.54, 1.807) is 42.5 Å². The van der Waals surface area contributed by atoms with Gasteiger partial charge in [0.15, 0.2) is 5.69 Å². The van der Waals surface area contributed by atoms with Crippen LogP contribution in [0.25, 0.3) is 10.8 Å². The predicted octanol–water partition coefficient (Wildman–Crippen LogP) is 2.48. The molecule has 3 amide bonds. The number of nitrogens with one attached hydrogen (secondary N) is 3. The molecule has 9 nitrogen and oxygen atoms in total. The number of carbonyl (C=O) groups excluding carboxylic acids is 3. The molecular weight excluding hydrogens is 434 g/mol. The number of fused-ring (bicyclic) bond motifs is 1. The molecule has 1 aromatic heterocycles. The molecule has 3 aromatic rings. The number of aryl methyl sites for hydroxylation is 2. The van der Waals surface area contributed by atoms with Crippen molar-refractivity contribution < 1.29 is 14.4 Å². The molecule has 0 spiro atoms. The summed E-state index contributed by atoms with van der Waals surface area (Å²) in [5.41, 5.74) is 5.97. The van der Waals surface area contributed by atoms with E-state index in [1.807, 2.05) is 13.0 Å². The first-order valence-corrected chi connectivity index (χ1v) is 11.3. The average Bonchev–Trinajstić information content (AvgIpc) is 2.84. The quantitative estimate of drug-likeness (QED) is 0.332. The van der Waals surface area contributed by atoms with Gasteiger partial charge in [-0.3, -0.25) is 30.0 Å². The SMILES string of the molecule is CCCCCn1nc(C(=O)NNC(=O)CCNC(=O)c2cccc(C)c2)c2ccccc2c1=O. The third-order valence-corrected chi connectivity index (χ3v) is 5.29. The Morgan fingerprint density at radius 3 is 2.44 bits per heavy atom. The molecule has 2 aromatic carbocycles. The zero-order valence-electron chi connectivity index (χ0n) is 19.4. The number of hydrazine groups is 1. The lowest BCUT2D eigenvalue weighted by atomic mass is 10.1. The second-order valence-electron chi connectivity index (χ2n) is 8.01. The van der Waals surface area contributed by atoms with Gasteiger partial charge in [-0.1, -0.05) is 55.7 Å². The van der Waals surface area contributed by atoms with Gasteiger partial charge >= 0.3 is 0 Å². The topological polar surface area (TPSA) is 122 Å². The highest BCUT2D eigenvalue weighted by atomic mass is 16.2. The van der Waals surface area contributed by atoms with Crippen LogP contribution in [0.4, 0.5) is 0 Å². The molecule has 0 fully saturated rings. The molecule has 0 saturated carbocycles. The van der Waals surface area contributed by atoms with E-state index in [9.17, 15) is 19.2 Å². The lowest BCUT2D eigenvalue weighted by Crippen LogP contribution is -2.43. The van der Waals surface area contributed by atoms with Gasteiger partial charge in [-0.15, -0.1) is 0 Å². The molecule has 0 saturated heterocycles. The van der Waals surface area contributed by atoms with E-state index in [2.05, 4.69) is 28.2 Å². The number of amides is 3. The van der Waals surface area contributed by atoms with Crippen LogP contribution in [0.5, 0.6) is 0 Å². The van der Waals surface area contributed by atoms with Crippen molar-refractivity contribution in [1.29, 1.82) is 0 Å². The minimum atomic E-state index is -0.627. The number of carbonyl (C=O) groups is 3. The van der Waals surface area contributed by atoms with Crippen LogP contribution >= 0.6 is 0 Å². The molecule has 0 atom stereocenters. The van der Waals surface area contributed by atoms with Crippen LogP contribution in [-0.4, -0.2) is 34.0 Å². The number of unbranched alkanes of at least 4 members (excludes halogenated alkanes) is 2. The molecule has 3 rings (SSSR count). The summed E-state index contributed by atoms with van der Waals surface area (Å²) >= 11 is 0. The van der Waals surface area contributed by atoms with Crippen LogP contribution in [0, 0.1) is 6.92 Å². The predicted molar refractivity (Wildman–Crippen MR) is 129 cm³/mol. The van der Waals surface area contributed by atoms with Crippen molar-refractivity contribution in [2.24, 2.45) is 0 Å². The maximum atomic E-state index is 12.8. The Morgan fingerprint density at radius 2 is 1.71 bits per heavy atom. The largest absolute Gasteiger partial charge is 0.352 e. The zero-order chi connectivity index (χ0) is 24.5. The summed E-state index contributed by atoms with van der Waals surface area (Å²) in [6.07, 6.45) is 2.68. The molecule has 34 heavy (non-hydrogen) atoms. The standard InChI is InChI=1S/C25H29N5O4/c1-3-4-7-15-30-25(34)20-12-6-5-11-19(20)22(29-30)24(33)28-27-21(31)13-14-26-23(32)18-10-8-9-17(2)16-18/h5-6,8-12,16H,3-4,7,13-15H2,1-2H3,(H,26,32)(H,27,31)(H,28,33). The Bertz CT molecular complexity index is 1250. The lowest BCUT2D eigenvalue weighted by Gasteiger charge is -2.12. The summed E-state index contributed by atoms with van der Waals surface area (Å²) < 4.78 is 1.30. The van der Waals surface area contributed by atoms with Crippen molar-refractivity contribution in [3.05, 3.63) is 75.7 Å². The molecule has 0 radical (unpaired) electrons. The van der Waals surface area contributed by atoms with Crippen LogP contribution < -0.4 is 21.7 Å². The number of hydrogen-bond donors (Lipinski definition) is 3. The molecule has 0 aliphatic carbocycles. The van der Waals surface area contributed by atoms with Gasteiger partial charge in [-0.05, 0) is 31.5 Å². The highest BCUT2D eigenvalue weighted by molar-refractivity contribution is 6.05. The van der Waals surface area contributed by atoms with Crippen molar-refractivity contribution in [2.45, 2.75) is 46.1 Å². The fraction of sp³-hybridized carbons (Fsp3) is 0.320. The molecule has 9 heteroatoms. The summed E-state index contributed by atoms with van der Waals surface area (Å²) in [6, 6.07) is 13.9. The number of benzene rings is 2. The van der Waals surface area contributed by atoms with Crippen LogP contribution in [-0.2, 0) is 11.3 Å². The Balaban J connectivity index is 1.60. The van der Waals surface area contributed by atoms with E-state index < -0.39 is 11.8 Å². The van der Waals surface area contributed by atoms with E-state index in [1.165, 1.54) is 4.68 Å². The second-order valence-corrected chi connectivity index (χ2v) is 8.01. The van der Waals surface area contributed by atoms with E-state index >= 15 is 0 Å². The Morgan fingerprint density at radius 1 is 0.941 bits per heavy atom. The van der Waals surface area contributed by atoms with Crippen LogP contribution in [0.1, 0.15) is 59.0 Å². The van der Waals surface area contributed by atoms with Crippen molar-refractivity contribution in [2.75, 3.05) is 6.54 Å². The number of rotatable bonds is 9. The third-order valence-electron chi connectivity index (χ3n) is 5.29. The van der Waals surface area contributed by atoms with Gasteiger partial charge in [0.25, 0.3) is 17.4 Å². The maximum Gasteiger partial charge on any atom is 0.290 e. The van der Waals surface area contributed by atoms with E-state index in [4.69, 9.17) is 0 Å². The minimum absolute atomic E-state index is 0.0253. The first-order chi connectivity index (χ1) is 16.4. The van der Waals surface area contributed by atoms with Crippen LogP contribution in [0.3, 0.4) is 0 Å². The third kappa shape index (κ3) is 6.28. The van der Waals surface area contributed by atoms with Crippen molar-refractivity contribution in [3.63, 3.8) is 0 Å². The van der Waals surface area contributed by atoms with Gasteiger partial charge in [0, 0.05) is 30.5 Å². The lowest BCUT2D eigenvalue weighted by molar-refractivity contribution is -0.121. The molecule has 1 heterocycles. The van der Waals surface area contributed by atoms with Crippen LogP contribution in [0.2, 0.25) is 0 Å². The monoisotopic (exact) mass is 463 g/mol. The number of nitrogens with zero attached hydrogens (tertiary/aromatic N) is 2. The smallest absolute Gasteiger partial charge is 0.290 e. The summed E-state index contributed by atoms with van der Waals surface area (Å²) in [7, 11) is 0. The number of aromatic nitrogens is 2. The summed E-state index contributed by atoms with van der Waals surface area (Å²) in [4.78, 5) is 49.8. The molecule has 178 valence electrons. The van der Waals surface area contributed by atoms with Crippen molar-refractivity contribution in [3.8, 4) is 0 Å². The maximum absolute atomic E-state index is 12.8. The highest BCUT2D eigenvalue weighted by Gasteiger charge is 2.17. The highest BCUT2D eigenvalue weighted by Crippen LogP contribution is 2.13. The summed E-state index contributed by atoms with van der Waals surface area (Å²) in [5, 5.41) is 7.74. The molecule has 3 N–H and O–H groups in total. The average molecular weight is 464 g/mol. The molecule has 0 unspecified atom stereocenters. The van der Waals surface area contributed by atoms with Crippen molar-refractivity contribution in [1.82, 2.24) is 25.9 Å². The van der Waals surface area contributed by atoms with Gasteiger partial charge < -0.3 is 5.32 Å². The fourth-order valence-corrected chi connectivity index (χ4v) is 3.49. The van der Waals surface area contributed by atoms with Gasteiger partial charge in [0.2, 0.25) is 5.91 Å². The molecular formula is C25H29N5O4. The van der Waals surface area contributed by atoms with Gasteiger partial charge in [-0.25, -0.2) is 4.68 Å². The fourth-order valence-electron chi connectivity index (χ4n) is 3.49. The summed E-state index contributed by atoms with van der Waals surface area (Å²) in [5.74, 6) is -1.38. The van der Waals surface area contributed by atoms with Crippen LogP contribution in [0.15, 0.2) is 53.3 Å². The van der Waals surface area contributed by atoms with Gasteiger partial charge in [0.05, 0.1) is 5.39 Å². The Kier molecular flexibility index (Phi) is 8.50. The van der Waals surface area contributed by atoms with E-state index in [0.29, 0.717) is 22.9 Å². The zero-order valence-corrected chi connectivity index (χ0v) is 19.4. The number of hydrogen-bond acceptors (Lipinski definition) is 5. The molecule has 0 aliphatic heterocycles. The molecule has 0 aliphatic rings. The Hall–Kier alpha value is -4.01. The van der Waals surface area contributed by atoms with E-state index in [0.717, 1.165) is 24.8 Å². The Labute approximate surface area is 197 Å². The normalized spacial score (nSPS) is 10.6. The van der Waals surface area contributed by atoms with Crippen molar-refractivity contribution >= 4 is 28.5 Å². The first kappa shape index (κ1) is 24.6. The summed E-state index contributed by atoms with van der Waals surface area (Å²) in [6.45, 7) is 4.47. The minimum Gasteiger partial charge on any atom is -0.352 e.